The molecule has 1 aliphatic heterocycles. The van der Waals surface area contributed by atoms with Crippen LogP contribution in [0.4, 0.5) is 0 Å². The maximum absolute atomic E-state index is 10.3. The van der Waals surface area contributed by atoms with Crippen molar-refractivity contribution in [3.63, 3.8) is 0 Å². The molecule has 1 saturated heterocycles. The van der Waals surface area contributed by atoms with E-state index in [1.165, 1.54) is 18.9 Å². The lowest BCUT2D eigenvalue weighted by Crippen LogP contribution is -2.43. The maximum Gasteiger partial charge on any atom is 0.357 e. The van der Waals surface area contributed by atoms with Gasteiger partial charge in [-0.3, -0.25) is 4.90 Å². The van der Waals surface area contributed by atoms with Gasteiger partial charge in [0.05, 0.1) is 6.08 Å². The smallest absolute Gasteiger partial charge is 0.357 e. The van der Waals surface area contributed by atoms with Crippen LogP contribution in [0.3, 0.4) is 0 Å². The number of nitro groups is 1. The number of piperazine rings is 1. The average Bonchev–Trinajstić information content (AvgIpc) is 3.01. The molecule has 15 heavy (non-hydrogen) atoms. The summed E-state index contributed by atoms with van der Waals surface area (Å²) in [6, 6.07) is 0.667. The van der Waals surface area contributed by atoms with Gasteiger partial charge in [0.2, 0.25) is 0 Å². The lowest BCUT2D eigenvalue weighted by atomic mass is 10.2. The summed E-state index contributed by atoms with van der Waals surface area (Å²) in [6.45, 7) is 2.52. The van der Waals surface area contributed by atoms with Gasteiger partial charge in [0.1, 0.15) is 0 Å². The van der Waals surface area contributed by atoms with E-state index in [0.29, 0.717) is 12.6 Å². The minimum Gasteiger partial charge on any atom is -0.386 e. The summed E-state index contributed by atoms with van der Waals surface area (Å²) in [5, 5.41) is 20.5. The van der Waals surface area contributed by atoms with Crippen LogP contribution in [0.15, 0.2) is 11.8 Å². The molecule has 2 rings (SSSR count). The van der Waals surface area contributed by atoms with E-state index >= 15 is 0 Å². The zero-order valence-electron chi connectivity index (χ0n) is 8.40. The van der Waals surface area contributed by atoms with Crippen molar-refractivity contribution in [2.45, 2.75) is 18.9 Å². The van der Waals surface area contributed by atoms with Crippen LogP contribution in [0.5, 0.6) is 0 Å². The van der Waals surface area contributed by atoms with Gasteiger partial charge in [-0.05, 0) is 17.8 Å². The van der Waals surface area contributed by atoms with Crippen molar-refractivity contribution in [1.29, 1.82) is 5.41 Å². The fourth-order valence-corrected chi connectivity index (χ4v) is 1.78. The molecular formula is C9H14N4O2. The summed E-state index contributed by atoms with van der Waals surface area (Å²) in [5.74, 6) is -0.546. The van der Waals surface area contributed by atoms with E-state index in [1.807, 2.05) is 0 Å². The van der Waals surface area contributed by atoms with Crippen molar-refractivity contribution in [2.75, 3.05) is 19.6 Å². The van der Waals surface area contributed by atoms with Gasteiger partial charge in [-0.25, -0.2) is 0 Å². The molecule has 0 unspecified atom stereocenters. The van der Waals surface area contributed by atoms with E-state index < -0.39 is 10.8 Å². The molecule has 1 saturated carbocycles. The molecule has 6 heteroatoms. The second-order valence-electron chi connectivity index (χ2n) is 3.94. The van der Waals surface area contributed by atoms with Crippen LogP contribution in [0.2, 0.25) is 0 Å². The highest BCUT2D eigenvalue weighted by Gasteiger charge is 2.30. The van der Waals surface area contributed by atoms with E-state index in [4.69, 9.17) is 5.41 Å². The molecule has 0 radical (unpaired) electrons. The van der Waals surface area contributed by atoms with Gasteiger partial charge in [0.15, 0.2) is 0 Å². The number of amidine groups is 1. The molecule has 0 bridgehead atoms. The Hall–Kier alpha value is -1.43. The Morgan fingerprint density at radius 2 is 2.40 bits per heavy atom. The van der Waals surface area contributed by atoms with Gasteiger partial charge >= 0.3 is 5.84 Å². The minimum absolute atomic E-state index is 0.546. The van der Waals surface area contributed by atoms with Crippen LogP contribution in [0.25, 0.3) is 0 Å². The molecule has 2 fully saturated rings. The Bertz CT molecular complexity index is 322. The van der Waals surface area contributed by atoms with E-state index in [0.717, 1.165) is 18.8 Å². The maximum atomic E-state index is 10.3. The first kappa shape index (κ1) is 10.1. The van der Waals surface area contributed by atoms with Crippen molar-refractivity contribution in [1.82, 2.24) is 10.2 Å². The second-order valence-corrected chi connectivity index (χ2v) is 3.94. The van der Waals surface area contributed by atoms with E-state index in [2.05, 4.69) is 10.2 Å². The number of nitrogens with zero attached hydrogens (tertiary/aromatic N) is 2. The third kappa shape index (κ3) is 2.53. The summed E-state index contributed by atoms with van der Waals surface area (Å²) in [4.78, 5) is 11.9. The van der Waals surface area contributed by atoms with Gasteiger partial charge in [-0.15, -0.1) is 0 Å². The Balaban J connectivity index is 1.96. The summed E-state index contributed by atoms with van der Waals surface area (Å²) in [7, 11) is 0. The monoisotopic (exact) mass is 210 g/mol. The fraction of sp³-hybridized carbons (Fsp3) is 0.667. The molecule has 0 atom stereocenters. The molecule has 2 aliphatic rings. The van der Waals surface area contributed by atoms with Crippen LogP contribution in [0.1, 0.15) is 12.8 Å². The highest BCUT2D eigenvalue weighted by Crippen LogP contribution is 2.27. The molecule has 82 valence electrons. The lowest BCUT2D eigenvalue weighted by Gasteiger charge is -2.29. The molecule has 1 aliphatic carbocycles. The Kier molecular flexibility index (Phi) is 2.68. The summed E-state index contributed by atoms with van der Waals surface area (Å²) >= 11 is 0. The lowest BCUT2D eigenvalue weighted by molar-refractivity contribution is -0.349. The van der Waals surface area contributed by atoms with Gasteiger partial charge in [-0.2, -0.15) is 0 Å². The summed E-state index contributed by atoms with van der Waals surface area (Å²) in [6.07, 6.45) is 3.79. The average molecular weight is 210 g/mol. The third-order valence-electron chi connectivity index (χ3n) is 2.70. The Labute approximate surface area is 87.6 Å². The molecule has 2 N–H and O–H groups in total. The van der Waals surface area contributed by atoms with E-state index in [-0.39, 0.29) is 0 Å². The Morgan fingerprint density at radius 3 is 3.00 bits per heavy atom. The predicted octanol–water partition coefficient (Wildman–Crippen LogP) is 0.192. The minimum atomic E-state index is -0.676. The first-order chi connectivity index (χ1) is 7.16. The zero-order chi connectivity index (χ0) is 10.8. The number of hydrogen-bond acceptors (Lipinski definition) is 5. The van der Waals surface area contributed by atoms with Crippen molar-refractivity contribution >= 4 is 5.84 Å². The molecular weight excluding hydrogens is 196 g/mol. The van der Waals surface area contributed by atoms with Crippen molar-refractivity contribution in [3.8, 4) is 0 Å². The largest absolute Gasteiger partial charge is 0.386 e. The summed E-state index contributed by atoms with van der Waals surface area (Å²) in [5.41, 5.74) is 0.787. The number of nitrogens with one attached hydrogen (secondary N) is 2. The first-order valence-corrected chi connectivity index (χ1v) is 5.08. The van der Waals surface area contributed by atoms with Gasteiger partial charge < -0.3 is 15.4 Å². The topological polar surface area (TPSA) is 82.3 Å². The highest BCUT2D eigenvalue weighted by molar-refractivity contribution is 5.83. The molecule has 0 aromatic rings. The van der Waals surface area contributed by atoms with Crippen LogP contribution >= 0.6 is 0 Å². The molecule has 1 heterocycles. The third-order valence-corrected chi connectivity index (χ3v) is 2.70. The molecule has 0 aromatic carbocycles. The van der Waals surface area contributed by atoms with Crippen molar-refractivity contribution in [3.05, 3.63) is 21.9 Å². The molecule has 0 spiro atoms. The van der Waals surface area contributed by atoms with Gasteiger partial charge in [-0.1, -0.05) is 5.41 Å². The van der Waals surface area contributed by atoms with E-state index in [9.17, 15) is 10.1 Å². The zero-order valence-corrected chi connectivity index (χ0v) is 8.40. The number of rotatable bonds is 2. The van der Waals surface area contributed by atoms with Crippen LogP contribution in [0, 0.1) is 15.5 Å². The molecule has 0 amide bonds. The second kappa shape index (κ2) is 3.98. The van der Waals surface area contributed by atoms with Crippen LogP contribution in [-0.2, 0) is 0 Å². The SMILES string of the molecule is N=C(/C=C1/CN(C2CC2)CCN1)[N+](=O)[O-]. The quantitative estimate of drug-likeness (QED) is 0.295. The van der Waals surface area contributed by atoms with Gasteiger partial charge in [0, 0.05) is 31.4 Å². The predicted molar refractivity (Wildman–Crippen MR) is 55.4 cm³/mol. The number of hydrogen-bond donors (Lipinski definition) is 2. The van der Waals surface area contributed by atoms with Crippen molar-refractivity contribution < 1.29 is 4.92 Å². The molecule has 0 aromatic heterocycles. The van der Waals surface area contributed by atoms with Crippen molar-refractivity contribution in [2.24, 2.45) is 0 Å². The standard InChI is InChI=1S/C9H14N4O2/c10-9(13(14)15)5-7-6-12(4-3-11-7)8-1-2-8/h5,8,10-11H,1-4,6H2/b7-5-,10-9?. The van der Waals surface area contributed by atoms with Gasteiger partial charge in [0.25, 0.3) is 0 Å². The van der Waals surface area contributed by atoms with Crippen LogP contribution in [-0.4, -0.2) is 41.3 Å². The normalized spacial score (nSPS) is 24.9. The van der Waals surface area contributed by atoms with E-state index in [1.54, 1.807) is 0 Å². The fourth-order valence-electron chi connectivity index (χ4n) is 1.78. The highest BCUT2D eigenvalue weighted by atomic mass is 16.6. The Morgan fingerprint density at radius 1 is 1.67 bits per heavy atom. The molecule has 6 nitrogen and oxygen atoms in total. The first-order valence-electron chi connectivity index (χ1n) is 5.08. The van der Waals surface area contributed by atoms with Crippen LogP contribution < -0.4 is 5.32 Å². The summed E-state index contributed by atoms with van der Waals surface area (Å²) < 4.78 is 0.